The quantitative estimate of drug-likeness (QED) is 0.594. The first kappa shape index (κ1) is 18.8. The van der Waals surface area contributed by atoms with Crippen molar-refractivity contribution in [3.8, 4) is 11.5 Å². The lowest BCUT2D eigenvalue weighted by Crippen LogP contribution is -2.09. The Morgan fingerprint density at radius 1 is 1.00 bits per heavy atom. The van der Waals surface area contributed by atoms with Crippen LogP contribution < -0.4 is 20.1 Å². The van der Waals surface area contributed by atoms with Gasteiger partial charge >= 0.3 is 0 Å². The number of hydrogen-bond donors (Lipinski definition) is 2. The van der Waals surface area contributed by atoms with E-state index in [0.717, 1.165) is 23.4 Å². The fraction of sp³-hybridized carbons (Fsp3) is 0.200. The largest absolute Gasteiger partial charge is 0.496 e. The molecule has 0 saturated heterocycles. The van der Waals surface area contributed by atoms with E-state index >= 15 is 0 Å². The van der Waals surface area contributed by atoms with Gasteiger partial charge in [0.2, 0.25) is 5.95 Å². The van der Waals surface area contributed by atoms with Crippen molar-refractivity contribution in [3.05, 3.63) is 65.3 Å². The SMILES string of the molecule is COc1ccccc1CCNc1nccc(Nc2cc(Cl)ccc2OC)n1. The Labute approximate surface area is 163 Å². The van der Waals surface area contributed by atoms with Gasteiger partial charge in [-0.2, -0.15) is 4.98 Å². The Balaban J connectivity index is 1.65. The Morgan fingerprint density at radius 2 is 1.81 bits per heavy atom. The molecule has 0 saturated carbocycles. The van der Waals surface area contributed by atoms with Crippen LogP contribution in [0, 0.1) is 0 Å². The summed E-state index contributed by atoms with van der Waals surface area (Å²) in [5, 5.41) is 7.06. The van der Waals surface area contributed by atoms with Gasteiger partial charge in [0, 0.05) is 17.8 Å². The van der Waals surface area contributed by atoms with Gasteiger partial charge < -0.3 is 20.1 Å². The standard InChI is InChI=1S/C20H21ClN4O2/c1-26-17-6-4-3-5-14(17)9-11-22-20-23-12-10-19(25-20)24-16-13-15(21)7-8-18(16)27-2/h3-8,10,12-13H,9,11H2,1-2H3,(H2,22,23,24,25). The van der Waals surface area contributed by atoms with Crippen molar-refractivity contribution >= 4 is 29.1 Å². The fourth-order valence-electron chi connectivity index (χ4n) is 2.65. The molecule has 0 fully saturated rings. The minimum absolute atomic E-state index is 0.538. The fourth-order valence-corrected chi connectivity index (χ4v) is 2.82. The molecule has 140 valence electrons. The average molecular weight is 385 g/mol. The van der Waals surface area contributed by atoms with Crippen LogP contribution in [-0.2, 0) is 6.42 Å². The molecule has 0 spiro atoms. The van der Waals surface area contributed by atoms with Gasteiger partial charge in [-0.1, -0.05) is 29.8 Å². The van der Waals surface area contributed by atoms with E-state index in [1.165, 1.54) is 0 Å². The molecule has 0 aliphatic carbocycles. The van der Waals surface area contributed by atoms with Gasteiger partial charge in [0.25, 0.3) is 0 Å². The smallest absolute Gasteiger partial charge is 0.224 e. The zero-order valence-corrected chi connectivity index (χ0v) is 16.0. The molecule has 3 aromatic rings. The number of rotatable bonds is 8. The molecular weight excluding hydrogens is 364 g/mol. The van der Waals surface area contributed by atoms with Crippen LogP contribution in [0.15, 0.2) is 54.7 Å². The maximum Gasteiger partial charge on any atom is 0.224 e. The third-order valence-electron chi connectivity index (χ3n) is 3.95. The average Bonchev–Trinajstić information content (AvgIpc) is 2.69. The Morgan fingerprint density at radius 3 is 2.63 bits per heavy atom. The van der Waals surface area contributed by atoms with Crippen molar-refractivity contribution in [2.45, 2.75) is 6.42 Å². The number of nitrogens with one attached hydrogen (secondary N) is 2. The lowest BCUT2D eigenvalue weighted by atomic mass is 10.1. The normalized spacial score (nSPS) is 10.3. The molecule has 0 aliphatic rings. The van der Waals surface area contributed by atoms with Crippen LogP contribution in [0.5, 0.6) is 11.5 Å². The summed E-state index contributed by atoms with van der Waals surface area (Å²) in [7, 11) is 3.29. The van der Waals surface area contributed by atoms with E-state index in [4.69, 9.17) is 21.1 Å². The van der Waals surface area contributed by atoms with E-state index in [0.29, 0.717) is 29.1 Å². The minimum atomic E-state index is 0.538. The van der Waals surface area contributed by atoms with Gasteiger partial charge in [0.05, 0.1) is 19.9 Å². The number of para-hydroxylation sites is 1. The molecular formula is C20H21ClN4O2. The van der Waals surface area contributed by atoms with E-state index < -0.39 is 0 Å². The molecule has 1 aromatic heterocycles. The molecule has 0 bridgehead atoms. The highest BCUT2D eigenvalue weighted by Crippen LogP contribution is 2.30. The van der Waals surface area contributed by atoms with Gasteiger partial charge in [-0.3, -0.25) is 0 Å². The highest BCUT2D eigenvalue weighted by atomic mass is 35.5. The molecule has 2 N–H and O–H groups in total. The van der Waals surface area contributed by atoms with Crippen molar-refractivity contribution in [3.63, 3.8) is 0 Å². The number of hydrogen-bond acceptors (Lipinski definition) is 6. The third kappa shape index (κ3) is 5.01. The first-order chi connectivity index (χ1) is 13.2. The van der Waals surface area contributed by atoms with Crippen LogP contribution in [0.4, 0.5) is 17.5 Å². The van der Waals surface area contributed by atoms with Crippen molar-refractivity contribution < 1.29 is 9.47 Å². The number of ether oxygens (including phenoxy) is 2. The molecule has 0 unspecified atom stereocenters. The summed E-state index contributed by atoms with van der Waals surface area (Å²) in [5.74, 6) is 2.74. The summed E-state index contributed by atoms with van der Waals surface area (Å²) in [6.07, 6.45) is 2.49. The lowest BCUT2D eigenvalue weighted by Gasteiger charge is -2.12. The molecule has 2 aromatic carbocycles. The van der Waals surface area contributed by atoms with Crippen molar-refractivity contribution in [1.29, 1.82) is 0 Å². The second-order valence-electron chi connectivity index (χ2n) is 5.72. The molecule has 0 radical (unpaired) electrons. The van der Waals surface area contributed by atoms with Crippen LogP contribution >= 0.6 is 11.6 Å². The molecule has 6 nitrogen and oxygen atoms in total. The summed E-state index contributed by atoms with van der Waals surface area (Å²) in [6, 6.07) is 15.1. The van der Waals surface area contributed by atoms with Crippen LogP contribution in [0.2, 0.25) is 5.02 Å². The second-order valence-corrected chi connectivity index (χ2v) is 6.16. The molecule has 1 heterocycles. The van der Waals surface area contributed by atoms with Crippen LogP contribution in [0.1, 0.15) is 5.56 Å². The number of nitrogens with zero attached hydrogens (tertiary/aromatic N) is 2. The molecule has 0 amide bonds. The van der Waals surface area contributed by atoms with Gasteiger partial charge in [-0.15, -0.1) is 0 Å². The molecule has 27 heavy (non-hydrogen) atoms. The topological polar surface area (TPSA) is 68.3 Å². The number of methoxy groups -OCH3 is 2. The van der Waals surface area contributed by atoms with E-state index in [1.807, 2.05) is 24.3 Å². The van der Waals surface area contributed by atoms with E-state index in [1.54, 1.807) is 44.7 Å². The molecule has 0 aliphatic heterocycles. The summed E-state index contributed by atoms with van der Waals surface area (Å²) in [4.78, 5) is 8.75. The first-order valence-electron chi connectivity index (χ1n) is 8.49. The Hall–Kier alpha value is -2.99. The summed E-state index contributed by atoms with van der Waals surface area (Å²) in [6.45, 7) is 0.685. The predicted octanol–water partition coefficient (Wildman–Crippen LogP) is 4.55. The van der Waals surface area contributed by atoms with Gasteiger partial charge in [0.15, 0.2) is 0 Å². The second kappa shape index (κ2) is 9.09. The number of anilines is 3. The van der Waals surface area contributed by atoms with E-state index in [-0.39, 0.29) is 0 Å². The van der Waals surface area contributed by atoms with Crippen molar-refractivity contribution in [1.82, 2.24) is 9.97 Å². The summed E-state index contributed by atoms with van der Waals surface area (Å²) in [5.41, 5.74) is 1.87. The van der Waals surface area contributed by atoms with Gasteiger partial charge in [-0.25, -0.2) is 4.98 Å². The monoisotopic (exact) mass is 384 g/mol. The van der Waals surface area contributed by atoms with Gasteiger partial charge in [-0.05, 0) is 42.3 Å². The molecule has 0 atom stereocenters. The third-order valence-corrected chi connectivity index (χ3v) is 4.18. The predicted molar refractivity (Wildman–Crippen MR) is 109 cm³/mol. The highest BCUT2D eigenvalue weighted by molar-refractivity contribution is 6.31. The van der Waals surface area contributed by atoms with Crippen LogP contribution in [-0.4, -0.2) is 30.7 Å². The van der Waals surface area contributed by atoms with E-state index in [2.05, 4.69) is 20.6 Å². The molecule has 3 rings (SSSR count). The Kier molecular flexibility index (Phi) is 6.33. The van der Waals surface area contributed by atoms with E-state index in [9.17, 15) is 0 Å². The number of halogens is 1. The van der Waals surface area contributed by atoms with Crippen LogP contribution in [0.3, 0.4) is 0 Å². The minimum Gasteiger partial charge on any atom is -0.496 e. The van der Waals surface area contributed by atoms with Crippen LogP contribution in [0.25, 0.3) is 0 Å². The Bertz CT molecular complexity index is 905. The van der Waals surface area contributed by atoms with Gasteiger partial charge in [0.1, 0.15) is 17.3 Å². The number of aromatic nitrogens is 2. The maximum absolute atomic E-state index is 6.07. The highest BCUT2D eigenvalue weighted by Gasteiger charge is 2.07. The molecule has 7 heteroatoms. The van der Waals surface area contributed by atoms with Crippen molar-refractivity contribution in [2.24, 2.45) is 0 Å². The zero-order valence-electron chi connectivity index (χ0n) is 15.2. The lowest BCUT2D eigenvalue weighted by molar-refractivity contribution is 0.410. The first-order valence-corrected chi connectivity index (χ1v) is 8.87. The zero-order chi connectivity index (χ0) is 19.1. The summed E-state index contributed by atoms with van der Waals surface area (Å²) < 4.78 is 10.7. The maximum atomic E-state index is 6.07. The van der Waals surface area contributed by atoms with Crippen molar-refractivity contribution in [2.75, 3.05) is 31.4 Å². The summed E-state index contributed by atoms with van der Waals surface area (Å²) >= 11 is 6.07. The number of benzene rings is 2.